The standard InChI is InChI=1S/C26H24N6O2S/c1-16-7-9-22-21(24(16)17-8-10-23-18(13-17)15-29-26(27-2)31-23)11-12-28-25(22)30-19-5-4-6-20(14-19)32-35(3,33)34/h4-15,32H,1-3H3,(H,28,30)(H,27,29,31). The van der Waals surface area contributed by atoms with Crippen molar-refractivity contribution in [3.05, 3.63) is 78.6 Å². The van der Waals surface area contributed by atoms with Gasteiger partial charge in [0.1, 0.15) is 5.82 Å². The van der Waals surface area contributed by atoms with Gasteiger partial charge in [-0.3, -0.25) is 4.72 Å². The van der Waals surface area contributed by atoms with E-state index in [0.29, 0.717) is 17.5 Å². The molecule has 5 rings (SSSR count). The van der Waals surface area contributed by atoms with Gasteiger partial charge in [0.15, 0.2) is 0 Å². The number of fused-ring (bicyclic) bond motifs is 2. The fraction of sp³-hybridized carbons (Fsp3) is 0.115. The number of aromatic nitrogens is 3. The molecule has 176 valence electrons. The molecule has 0 fully saturated rings. The summed E-state index contributed by atoms with van der Waals surface area (Å²) in [5.41, 5.74) is 5.40. The van der Waals surface area contributed by atoms with E-state index in [0.717, 1.165) is 50.3 Å². The summed E-state index contributed by atoms with van der Waals surface area (Å²) in [6.45, 7) is 2.09. The zero-order chi connectivity index (χ0) is 24.6. The first-order valence-electron chi connectivity index (χ1n) is 11.0. The molecule has 2 aromatic heterocycles. The van der Waals surface area contributed by atoms with Crippen molar-refractivity contribution >= 4 is 54.8 Å². The van der Waals surface area contributed by atoms with Crippen LogP contribution in [-0.4, -0.2) is 36.7 Å². The summed E-state index contributed by atoms with van der Waals surface area (Å²) < 4.78 is 25.7. The molecule has 0 saturated carbocycles. The summed E-state index contributed by atoms with van der Waals surface area (Å²) in [6, 6.07) is 19.4. The number of benzene rings is 3. The van der Waals surface area contributed by atoms with E-state index in [2.05, 4.69) is 55.4 Å². The summed E-state index contributed by atoms with van der Waals surface area (Å²) in [5.74, 6) is 1.27. The topological polar surface area (TPSA) is 109 Å². The molecule has 0 radical (unpaired) electrons. The molecule has 0 unspecified atom stereocenters. The van der Waals surface area contributed by atoms with Crippen molar-refractivity contribution in [1.29, 1.82) is 0 Å². The number of rotatable bonds is 6. The average Bonchev–Trinajstić information content (AvgIpc) is 2.82. The van der Waals surface area contributed by atoms with Gasteiger partial charge in [-0.1, -0.05) is 24.3 Å². The number of aryl methyl sites for hydroxylation is 1. The third-order valence-electron chi connectivity index (χ3n) is 5.67. The van der Waals surface area contributed by atoms with Gasteiger partial charge < -0.3 is 10.6 Å². The lowest BCUT2D eigenvalue weighted by atomic mass is 9.94. The molecule has 0 bridgehead atoms. The number of sulfonamides is 1. The van der Waals surface area contributed by atoms with Crippen LogP contribution in [-0.2, 0) is 10.0 Å². The molecule has 0 aliphatic rings. The van der Waals surface area contributed by atoms with Crippen molar-refractivity contribution in [2.75, 3.05) is 28.7 Å². The SMILES string of the molecule is CNc1ncc2cc(-c3c(C)ccc4c(Nc5cccc(NS(C)(=O)=O)c5)nccc34)ccc2n1. The Morgan fingerprint density at radius 3 is 2.51 bits per heavy atom. The summed E-state index contributed by atoms with van der Waals surface area (Å²) in [7, 11) is -1.57. The van der Waals surface area contributed by atoms with Crippen molar-refractivity contribution in [1.82, 2.24) is 15.0 Å². The highest BCUT2D eigenvalue weighted by molar-refractivity contribution is 7.92. The van der Waals surface area contributed by atoms with Crippen molar-refractivity contribution in [2.45, 2.75) is 6.92 Å². The van der Waals surface area contributed by atoms with Crippen LogP contribution in [0.5, 0.6) is 0 Å². The van der Waals surface area contributed by atoms with Crippen LogP contribution in [0.4, 0.5) is 23.1 Å². The molecule has 0 spiro atoms. The molecule has 2 heterocycles. The third kappa shape index (κ3) is 4.71. The first-order chi connectivity index (χ1) is 16.8. The first kappa shape index (κ1) is 22.5. The van der Waals surface area contributed by atoms with Crippen LogP contribution < -0.4 is 15.4 Å². The molecular formula is C26H24N6O2S. The van der Waals surface area contributed by atoms with Gasteiger partial charge >= 0.3 is 0 Å². The minimum absolute atomic E-state index is 0.481. The molecule has 0 amide bonds. The highest BCUT2D eigenvalue weighted by Crippen LogP contribution is 2.36. The van der Waals surface area contributed by atoms with E-state index in [9.17, 15) is 8.42 Å². The molecule has 3 aromatic carbocycles. The van der Waals surface area contributed by atoms with Crippen molar-refractivity contribution in [3.8, 4) is 11.1 Å². The van der Waals surface area contributed by atoms with Gasteiger partial charge in [-0.15, -0.1) is 0 Å². The van der Waals surface area contributed by atoms with Crippen molar-refractivity contribution in [3.63, 3.8) is 0 Å². The van der Waals surface area contributed by atoms with E-state index < -0.39 is 10.0 Å². The smallest absolute Gasteiger partial charge is 0.229 e. The number of hydrogen-bond acceptors (Lipinski definition) is 7. The predicted molar refractivity (Wildman–Crippen MR) is 143 cm³/mol. The number of hydrogen-bond donors (Lipinski definition) is 3. The van der Waals surface area contributed by atoms with Crippen LogP contribution in [0, 0.1) is 6.92 Å². The van der Waals surface area contributed by atoms with Gasteiger partial charge in [-0.05, 0) is 65.4 Å². The van der Waals surface area contributed by atoms with E-state index in [1.54, 1.807) is 31.4 Å². The minimum atomic E-state index is -3.37. The van der Waals surface area contributed by atoms with Gasteiger partial charge in [-0.2, -0.15) is 0 Å². The largest absolute Gasteiger partial charge is 0.357 e. The fourth-order valence-corrected chi connectivity index (χ4v) is 4.72. The van der Waals surface area contributed by atoms with Gasteiger partial charge in [0.2, 0.25) is 16.0 Å². The Balaban J connectivity index is 1.58. The summed E-state index contributed by atoms with van der Waals surface area (Å²) >= 11 is 0. The van der Waals surface area contributed by atoms with Crippen LogP contribution in [0.15, 0.2) is 73.1 Å². The Morgan fingerprint density at radius 1 is 0.886 bits per heavy atom. The maximum atomic E-state index is 11.6. The van der Waals surface area contributed by atoms with Crippen LogP contribution in [0.25, 0.3) is 32.8 Å². The maximum absolute atomic E-state index is 11.6. The normalized spacial score (nSPS) is 11.5. The third-order valence-corrected chi connectivity index (χ3v) is 6.28. The highest BCUT2D eigenvalue weighted by atomic mass is 32.2. The molecule has 5 aromatic rings. The zero-order valence-electron chi connectivity index (χ0n) is 19.5. The summed E-state index contributed by atoms with van der Waals surface area (Å²) in [6.07, 6.45) is 4.72. The number of nitrogens with one attached hydrogen (secondary N) is 3. The molecule has 0 aliphatic carbocycles. The molecule has 9 heteroatoms. The second kappa shape index (κ2) is 8.84. The summed E-state index contributed by atoms with van der Waals surface area (Å²) in [4.78, 5) is 13.4. The molecule has 0 saturated heterocycles. The van der Waals surface area contributed by atoms with E-state index in [1.807, 2.05) is 30.5 Å². The van der Waals surface area contributed by atoms with E-state index in [-0.39, 0.29) is 0 Å². The highest BCUT2D eigenvalue weighted by Gasteiger charge is 2.13. The molecule has 0 atom stereocenters. The average molecular weight is 485 g/mol. The second-order valence-corrected chi connectivity index (χ2v) is 10.1. The number of nitrogens with zero attached hydrogens (tertiary/aromatic N) is 3. The summed E-state index contributed by atoms with van der Waals surface area (Å²) in [5, 5.41) is 9.28. The quantitative estimate of drug-likeness (QED) is 0.300. The zero-order valence-corrected chi connectivity index (χ0v) is 20.3. The van der Waals surface area contributed by atoms with Gasteiger partial charge in [0.25, 0.3) is 0 Å². The lowest BCUT2D eigenvalue weighted by Gasteiger charge is -2.15. The number of anilines is 4. The maximum Gasteiger partial charge on any atom is 0.229 e. The van der Waals surface area contributed by atoms with Gasteiger partial charge in [-0.25, -0.2) is 23.4 Å². The van der Waals surface area contributed by atoms with E-state index >= 15 is 0 Å². The lowest BCUT2D eigenvalue weighted by molar-refractivity contribution is 0.607. The van der Waals surface area contributed by atoms with Gasteiger partial charge in [0.05, 0.1) is 17.5 Å². The Bertz CT molecular complexity index is 1690. The fourth-order valence-electron chi connectivity index (χ4n) is 4.17. The lowest BCUT2D eigenvalue weighted by Crippen LogP contribution is -2.09. The Labute approximate surface area is 203 Å². The van der Waals surface area contributed by atoms with E-state index in [4.69, 9.17) is 0 Å². The van der Waals surface area contributed by atoms with Crippen molar-refractivity contribution in [2.24, 2.45) is 0 Å². The minimum Gasteiger partial charge on any atom is -0.357 e. The first-order valence-corrected chi connectivity index (χ1v) is 12.9. The molecule has 35 heavy (non-hydrogen) atoms. The van der Waals surface area contributed by atoms with Crippen LogP contribution in [0.2, 0.25) is 0 Å². The Kier molecular flexibility index (Phi) is 5.70. The molecular weight excluding hydrogens is 460 g/mol. The Hall–Kier alpha value is -4.24. The van der Waals surface area contributed by atoms with Crippen molar-refractivity contribution < 1.29 is 8.42 Å². The number of pyridine rings is 1. The van der Waals surface area contributed by atoms with Crippen LogP contribution >= 0.6 is 0 Å². The van der Waals surface area contributed by atoms with Gasteiger partial charge in [0, 0.05) is 35.9 Å². The Morgan fingerprint density at radius 2 is 1.71 bits per heavy atom. The molecule has 8 nitrogen and oxygen atoms in total. The monoisotopic (exact) mass is 484 g/mol. The van der Waals surface area contributed by atoms with Crippen LogP contribution in [0.1, 0.15) is 5.56 Å². The second-order valence-electron chi connectivity index (χ2n) is 8.31. The van der Waals surface area contributed by atoms with E-state index in [1.165, 1.54) is 0 Å². The predicted octanol–water partition coefficient (Wildman–Crippen LogP) is 5.31. The van der Waals surface area contributed by atoms with Crippen LogP contribution in [0.3, 0.4) is 0 Å². The molecule has 0 aliphatic heterocycles. The molecule has 3 N–H and O–H groups in total.